The smallest absolute Gasteiger partial charge is 0.349 e. The van der Waals surface area contributed by atoms with Crippen LogP contribution >= 0.6 is 34.3 Å². The van der Waals surface area contributed by atoms with Crippen LogP contribution in [0, 0.1) is 6.92 Å². The molecule has 3 heterocycles. The van der Waals surface area contributed by atoms with Gasteiger partial charge in [-0.3, -0.25) is 9.36 Å². The number of nitrogens with one attached hydrogen (secondary N) is 1. The Hall–Kier alpha value is -2.75. The van der Waals surface area contributed by atoms with E-state index in [1.165, 1.54) is 34.4 Å². The van der Waals surface area contributed by atoms with Crippen molar-refractivity contribution in [2.75, 3.05) is 12.4 Å². The van der Waals surface area contributed by atoms with Gasteiger partial charge in [0.25, 0.3) is 0 Å². The first-order valence-corrected chi connectivity index (χ1v) is 10.6. The number of thiazole rings is 1. The van der Waals surface area contributed by atoms with Gasteiger partial charge in [0.2, 0.25) is 5.91 Å². The summed E-state index contributed by atoms with van der Waals surface area (Å²) in [5, 5.41) is 5.90. The van der Waals surface area contributed by atoms with Crippen LogP contribution in [-0.2, 0) is 11.3 Å². The van der Waals surface area contributed by atoms with Crippen molar-refractivity contribution in [2.45, 2.75) is 13.5 Å². The molecule has 29 heavy (non-hydrogen) atoms. The quantitative estimate of drug-likeness (QED) is 0.496. The van der Waals surface area contributed by atoms with Gasteiger partial charge in [0.05, 0.1) is 22.7 Å². The lowest BCUT2D eigenvalue weighted by Gasteiger charge is -2.12. The number of fused-ring (bicyclic) bond motifs is 1. The Morgan fingerprint density at radius 2 is 2.14 bits per heavy atom. The van der Waals surface area contributed by atoms with E-state index < -0.39 is 11.6 Å². The van der Waals surface area contributed by atoms with Crippen LogP contribution in [0.4, 0.5) is 5.69 Å². The van der Waals surface area contributed by atoms with Gasteiger partial charge in [-0.15, -0.1) is 22.7 Å². The van der Waals surface area contributed by atoms with Gasteiger partial charge in [0, 0.05) is 5.02 Å². The summed E-state index contributed by atoms with van der Waals surface area (Å²) in [7, 11) is 1.50. The summed E-state index contributed by atoms with van der Waals surface area (Å²) in [5.41, 5.74) is 1.08. The van der Waals surface area contributed by atoms with E-state index in [1.807, 2.05) is 24.4 Å². The minimum Gasteiger partial charge on any atom is -0.495 e. The standard InChI is InChI=1S/C19H15ClN4O3S2/c1-10-21-17-16(14-4-3-7-28-14)23-19(26)24(18(17)29-10)9-15(25)22-12-8-11(20)5-6-13(12)27-2/h3-8H,9H2,1-2H3,(H,22,25). The number of amides is 1. The molecule has 148 valence electrons. The number of carbonyl (C=O) groups is 1. The van der Waals surface area contributed by atoms with Crippen LogP contribution < -0.4 is 15.7 Å². The molecule has 0 fully saturated rings. The highest BCUT2D eigenvalue weighted by molar-refractivity contribution is 7.18. The van der Waals surface area contributed by atoms with Gasteiger partial charge in [-0.05, 0) is 36.6 Å². The van der Waals surface area contributed by atoms with Crippen molar-refractivity contribution in [3.63, 3.8) is 0 Å². The molecule has 4 rings (SSSR count). The van der Waals surface area contributed by atoms with E-state index in [1.54, 1.807) is 18.2 Å². The number of halogens is 1. The zero-order valence-corrected chi connectivity index (χ0v) is 17.8. The first-order chi connectivity index (χ1) is 14.0. The van der Waals surface area contributed by atoms with E-state index >= 15 is 0 Å². The van der Waals surface area contributed by atoms with Crippen LogP contribution in [0.25, 0.3) is 20.9 Å². The zero-order valence-electron chi connectivity index (χ0n) is 15.4. The SMILES string of the molecule is COc1ccc(Cl)cc1NC(=O)Cn1c(=O)nc(-c2cccs2)c2nc(C)sc21. The molecule has 0 spiro atoms. The number of benzene rings is 1. The molecular formula is C19H15ClN4O3S2. The minimum absolute atomic E-state index is 0.204. The van der Waals surface area contributed by atoms with Crippen LogP contribution in [0.3, 0.4) is 0 Å². The Morgan fingerprint density at radius 3 is 2.86 bits per heavy atom. The molecule has 0 saturated carbocycles. The molecule has 0 radical (unpaired) electrons. The molecule has 0 aliphatic rings. The molecule has 0 saturated heterocycles. The molecule has 0 bridgehead atoms. The van der Waals surface area contributed by atoms with Gasteiger partial charge in [0.1, 0.15) is 28.3 Å². The van der Waals surface area contributed by atoms with Gasteiger partial charge in [0.15, 0.2) is 0 Å². The molecule has 10 heteroatoms. The fourth-order valence-corrected chi connectivity index (χ4v) is 4.68. The summed E-state index contributed by atoms with van der Waals surface area (Å²) in [5.74, 6) is 0.0748. The summed E-state index contributed by atoms with van der Waals surface area (Å²) in [6.45, 7) is 1.65. The van der Waals surface area contributed by atoms with Crippen molar-refractivity contribution in [3.05, 3.63) is 56.2 Å². The highest BCUT2D eigenvalue weighted by Gasteiger charge is 2.19. The molecule has 0 atom stereocenters. The third-order valence-corrected chi connectivity index (χ3v) is 6.22. The van der Waals surface area contributed by atoms with Crippen molar-refractivity contribution >= 4 is 56.2 Å². The van der Waals surface area contributed by atoms with Crippen LogP contribution in [0.15, 0.2) is 40.5 Å². The summed E-state index contributed by atoms with van der Waals surface area (Å²) in [4.78, 5) is 35.6. The summed E-state index contributed by atoms with van der Waals surface area (Å²) < 4.78 is 6.58. The monoisotopic (exact) mass is 446 g/mol. The topological polar surface area (TPSA) is 86.1 Å². The summed E-state index contributed by atoms with van der Waals surface area (Å²) in [6.07, 6.45) is 0. The van der Waals surface area contributed by atoms with E-state index in [0.29, 0.717) is 32.5 Å². The van der Waals surface area contributed by atoms with E-state index in [4.69, 9.17) is 16.3 Å². The summed E-state index contributed by atoms with van der Waals surface area (Å²) >= 11 is 8.85. The number of aromatic nitrogens is 3. The lowest BCUT2D eigenvalue weighted by Crippen LogP contribution is -2.29. The Balaban J connectivity index is 1.71. The Morgan fingerprint density at radius 1 is 1.31 bits per heavy atom. The fourth-order valence-electron chi connectivity index (χ4n) is 2.89. The highest BCUT2D eigenvalue weighted by Crippen LogP contribution is 2.31. The Kier molecular flexibility index (Phi) is 5.35. The molecule has 0 aliphatic carbocycles. The number of thiophene rings is 1. The zero-order chi connectivity index (χ0) is 20.5. The fraction of sp³-hybridized carbons (Fsp3) is 0.158. The van der Waals surface area contributed by atoms with Crippen LogP contribution in [-0.4, -0.2) is 27.6 Å². The lowest BCUT2D eigenvalue weighted by atomic mass is 10.3. The maximum atomic E-state index is 12.7. The minimum atomic E-state index is -0.502. The number of ether oxygens (including phenoxy) is 1. The predicted octanol–water partition coefficient (Wildman–Crippen LogP) is 4.19. The molecule has 0 aliphatic heterocycles. The van der Waals surface area contributed by atoms with E-state index in [0.717, 1.165) is 9.88 Å². The largest absolute Gasteiger partial charge is 0.495 e. The number of hydrogen-bond acceptors (Lipinski definition) is 7. The number of rotatable bonds is 5. The molecule has 4 aromatic rings. The number of nitrogens with zero attached hydrogens (tertiary/aromatic N) is 3. The average Bonchev–Trinajstić information content (AvgIpc) is 3.33. The molecule has 7 nitrogen and oxygen atoms in total. The lowest BCUT2D eigenvalue weighted by molar-refractivity contribution is -0.116. The second-order valence-electron chi connectivity index (χ2n) is 6.09. The average molecular weight is 447 g/mol. The van der Waals surface area contributed by atoms with E-state index in [9.17, 15) is 9.59 Å². The van der Waals surface area contributed by atoms with Crippen molar-refractivity contribution in [2.24, 2.45) is 0 Å². The molecule has 0 unspecified atom stereocenters. The van der Waals surface area contributed by atoms with Crippen molar-refractivity contribution in [1.82, 2.24) is 14.5 Å². The van der Waals surface area contributed by atoms with Crippen molar-refractivity contribution in [3.8, 4) is 16.3 Å². The van der Waals surface area contributed by atoms with Crippen LogP contribution in [0.2, 0.25) is 5.02 Å². The Labute approximate surface area is 178 Å². The maximum Gasteiger partial charge on any atom is 0.349 e. The van der Waals surface area contributed by atoms with Gasteiger partial charge in [-0.1, -0.05) is 17.7 Å². The third-order valence-electron chi connectivity index (χ3n) is 4.12. The van der Waals surface area contributed by atoms with Crippen molar-refractivity contribution in [1.29, 1.82) is 0 Å². The molecule has 1 aromatic carbocycles. The molecule has 1 amide bonds. The summed E-state index contributed by atoms with van der Waals surface area (Å²) in [6, 6.07) is 8.70. The predicted molar refractivity (Wildman–Crippen MR) is 116 cm³/mol. The van der Waals surface area contributed by atoms with Crippen molar-refractivity contribution < 1.29 is 9.53 Å². The third kappa shape index (κ3) is 3.89. The van der Waals surface area contributed by atoms with E-state index in [2.05, 4.69) is 15.3 Å². The normalized spacial score (nSPS) is 11.0. The first kappa shape index (κ1) is 19.6. The van der Waals surface area contributed by atoms with Gasteiger partial charge >= 0.3 is 5.69 Å². The first-order valence-electron chi connectivity index (χ1n) is 8.51. The second kappa shape index (κ2) is 7.94. The van der Waals surface area contributed by atoms with Gasteiger partial charge in [-0.2, -0.15) is 4.98 Å². The number of aryl methyl sites for hydroxylation is 1. The maximum absolute atomic E-state index is 12.7. The van der Waals surface area contributed by atoms with Crippen LogP contribution in [0.1, 0.15) is 5.01 Å². The molecular weight excluding hydrogens is 432 g/mol. The molecule has 1 N–H and O–H groups in total. The van der Waals surface area contributed by atoms with Gasteiger partial charge < -0.3 is 10.1 Å². The number of methoxy groups -OCH3 is 1. The van der Waals surface area contributed by atoms with E-state index in [-0.39, 0.29) is 6.54 Å². The molecule has 3 aromatic heterocycles. The Bertz CT molecular complexity index is 1260. The highest BCUT2D eigenvalue weighted by atomic mass is 35.5. The second-order valence-corrected chi connectivity index (χ2v) is 8.65. The number of anilines is 1. The number of hydrogen-bond donors (Lipinski definition) is 1. The van der Waals surface area contributed by atoms with Gasteiger partial charge in [-0.25, -0.2) is 9.78 Å². The number of carbonyl (C=O) groups excluding carboxylic acids is 1. The van der Waals surface area contributed by atoms with Crippen LogP contribution in [0.5, 0.6) is 5.75 Å².